The molecule has 1 atom stereocenters. The van der Waals surface area contributed by atoms with E-state index in [9.17, 15) is 14.4 Å². The van der Waals surface area contributed by atoms with Crippen LogP contribution in [-0.4, -0.2) is 63.1 Å². The molecule has 1 aromatic carbocycles. The molecule has 1 aliphatic carbocycles. The van der Waals surface area contributed by atoms with Gasteiger partial charge in [0, 0.05) is 12.5 Å². The van der Waals surface area contributed by atoms with E-state index >= 15 is 0 Å². The van der Waals surface area contributed by atoms with Crippen LogP contribution in [0.5, 0.6) is 17.2 Å². The lowest BCUT2D eigenvalue weighted by molar-refractivity contribution is -0.160. The molecule has 3 rings (SSSR count). The predicted molar refractivity (Wildman–Crippen MR) is 136 cm³/mol. The number of rotatable bonds is 11. The fourth-order valence-electron chi connectivity index (χ4n) is 4.99. The summed E-state index contributed by atoms with van der Waals surface area (Å²) in [6.07, 6.45) is 12.1. The molecule has 0 radical (unpaired) electrons. The maximum atomic E-state index is 12.9. The normalized spacial score (nSPS) is 18.6. The van der Waals surface area contributed by atoms with Gasteiger partial charge in [0.25, 0.3) is 5.91 Å². The quantitative estimate of drug-likeness (QED) is 0.249. The van der Waals surface area contributed by atoms with Gasteiger partial charge in [0.05, 0.1) is 27.9 Å². The average molecular weight is 502 g/mol. The number of hydrogen-bond donors (Lipinski definition) is 0. The maximum absolute atomic E-state index is 12.9. The molecule has 198 valence electrons. The highest BCUT2D eigenvalue weighted by Gasteiger charge is 2.38. The molecule has 1 saturated heterocycles. The lowest BCUT2D eigenvalue weighted by Crippen LogP contribution is -2.52. The van der Waals surface area contributed by atoms with Gasteiger partial charge in [-0.1, -0.05) is 31.4 Å². The van der Waals surface area contributed by atoms with Crippen LogP contribution in [0.2, 0.25) is 0 Å². The Hall–Kier alpha value is -3.03. The second kappa shape index (κ2) is 13.9. The third-order valence-electron chi connectivity index (χ3n) is 6.98. The molecule has 8 heteroatoms. The first-order valence-corrected chi connectivity index (χ1v) is 13.0. The highest BCUT2D eigenvalue weighted by atomic mass is 16.5. The number of methoxy groups -OCH3 is 3. The van der Waals surface area contributed by atoms with E-state index < -0.39 is 17.9 Å². The number of likely N-dealkylation sites (tertiary alicyclic amines) is 1. The van der Waals surface area contributed by atoms with E-state index in [1.807, 2.05) is 24.3 Å². The van der Waals surface area contributed by atoms with Gasteiger partial charge in [-0.3, -0.25) is 9.59 Å². The Bertz CT molecular complexity index is 911. The van der Waals surface area contributed by atoms with Crippen LogP contribution in [0.25, 0.3) is 6.08 Å². The molecule has 0 bridgehead atoms. The molecule has 36 heavy (non-hydrogen) atoms. The number of allylic oxidation sites excluding steroid dienone is 1. The third kappa shape index (κ3) is 7.02. The van der Waals surface area contributed by atoms with Gasteiger partial charge in [-0.15, -0.1) is 0 Å². The SMILES string of the molecule is COc1cc(C=CCCCOC(=O)C2CCCCN2C(=O)C(=O)C2CCCCC2)cc(OC)c1OC. The highest BCUT2D eigenvalue weighted by molar-refractivity contribution is 6.37. The van der Waals surface area contributed by atoms with Crippen molar-refractivity contribution in [1.82, 2.24) is 4.90 Å². The third-order valence-corrected chi connectivity index (χ3v) is 6.98. The highest BCUT2D eigenvalue weighted by Crippen LogP contribution is 2.38. The standard InChI is InChI=1S/C28H39NO7/c1-33-23-18-20(19-24(34-2)26(23)35-3)12-6-5-11-17-36-28(32)22-15-9-10-16-29(22)27(31)25(30)21-13-7-4-8-14-21/h6,12,18-19,21-22H,4-5,7-11,13-17H2,1-3H3. The number of piperidine rings is 1. The van der Waals surface area contributed by atoms with Gasteiger partial charge in [0.15, 0.2) is 11.5 Å². The molecule has 8 nitrogen and oxygen atoms in total. The summed E-state index contributed by atoms with van der Waals surface area (Å²) < 4.78 is 21.6. The molecule has 1 amide bonds. The van der Waals surface area contributed by atoms with Gasteiger partial charge in [-0.25, -0.2) is 4.79 Å². The van der Waals surface area contributed by atoms with Crippen molar-refractivity contribution in [1.29, 1.82) is 0 Å². The number of ether oxygens (including phenoxy) is 4. The van der Waals surface area contributed by atoms with Gasteiger partial charge in [0.1, 0.15) is 6.04 Å². The number of ketones is 1. The minimum absolute atomic E-state index is 0.192. The number of esters is 1. The van der Waals surface area contributed by atoms with Crippen LogP contribution in [-0.2, 0) is 19.1 Å². The van der Waals surface area contributed by atoms with Crippen LogP contribution >= 0.6 is 0 Å². The molecular weight excluding hydrogens is 462 g/mol. The molecule has 1 unspecified atom stereocenters. The lowest BCUT2D eigenvalue weighted by Gasteiger charge is -2.34. The Labute approximate surface area is 213 Å². The van der Waals surface area contributed by atoms with Gasteiger partial charge in [-0.05, 0) is 62.6 Å². The summed E-state index contributed by atoms with van der Waals surface area (Å²) in [7, 11) is 4.71. The van der Waals surface area contributed by atoms with Crippen molar-refractivity contribution in [3.8, 4) is 17.2 Å². The molecule has 0 aromatic heterocycles. The van der Waals surface area contributed by atoms with Crippen molar-refractivity contribution in [2.45, 2.75) is 70.3 Å². The van der Waals surface area contributed by atoms with Crippen LogP contribution in [0.15, 0.2) is 18.2 Å². The van der Waals surface area contributed by atoms with E-state index in [4.69, 9.17) is 18.9 Å². The molecule has 0 spiro atoms. The molecule has 2 fully saturated rings. The summed E-state index contributed by atoms with van der Waals surface area (Å²) in [6.45, 7) is 0.697. The van der Waals surface area contributed by atoms with Crippen molar-refractivity contribution >= 4 is 23.7 Å². The van der Waals surface area contributed by atoms with E-state index in [1.165, 1.54) is 4.90 Å². The Balaban J connectivity index is 1.48. The largest absolute Gasteiger partial charge is 0.493 e. The molecule has 1 heterocycles. The van der Waals surface area contributed by atoms with Crippen LogP contribution < -0.4 is 14.2 Å². The topological polar surface area (TPSA) is 91.4 Å². The number of carbonyl (C=O) groups excluding carboxylic acids is 3. The number of carbonyl (C=O) groups is 3. The summed E-state index contributed by atoms with van der Waals surface area (Å²) in [4.78, 5) is 39.9. The van der Waals surface area contributed by atoms with Crippen LogP contribution in [0.4, 0.5) is 0 Å². The predicted octanol–water partition coefficient (Wildman–Crippen LogP) is 4.58. The van der Waals surface area contributed by atoms with E-state index in [1.54, 1.807) is 21.3 Å². The zero-order valence-corrected chi connectivity index (χ0v) is 21.8. The molecule has 2 aliphatic rings. The smallest absolute Gasteiger partial charge is 0.328 e. The molecule has 1 aromatic rings. The molecular formula is C28H39NO7. The summed E-state index contributed by atoms with van der Waals surface area (Å²) in [5.74, 6) is 0.274. The number of Topliss-reactive ketones (excluding diaryl/α,β-unsaturated/α-hetero) is 1. The second-order valence-corrected chi connectivity index (χ2v) is 9.38. The fourth-order valence-corrected chi connectivity index (χ4v) is 4.99. The number of amides is 1. The average Bonchev–Trinajstić information content (AvgIpc) is 2.93. The first kappa shape index (κ1) is 27.6. The monoisotopic (exact) mass is 501 g/mol. The van der Waals surface area contributed by atoms with Crippen LogP contribution in [0.1, 0.15) is 69.8 Å². The van der Waals surface area contributed by atoms with Gasteiger partial charge < -0.3 is 23.8 Å². The zero-order valence-electron chi connectivity index (χ0n) is 21.8. The summed E-state index contributed by atoms with van der Waals surface area (Å²) in [5.41, 5.74) is 0.903. The van der Waals surface area contributed by atoms with Crippen molar-refractivity contribution in [3.63, 3.8) is 0 Å². The summed E-state index contributed by atoms with van der Waals surface area (Å²) in [6, 6.07) is 3.07. The Morgan fingerprint density at radius 3 is 2.22 bits per heavy atom. The van der Waals surface area contributed by atoms with E-state index in [2.05, 4.69) is 0 Å². The van der Waals surface area contributed by atoms with Gasteiger partial charge in [-0.2, -0.15) is 0 Å². The van der Waals surface area contributed by atoms with Gasteiger partial charge >= 0.3 is 5.97 Å². The number of benzene rings is 1. The Morgan fingerprint density at radius 1 is 0.917 bits per heavy atom. The van der Waals surface area contributed by atoms with Crippen molar-refractivity contribution in [2.75, 3.05) is 34.5 Å². The lowest BCUT2D eigenvalue weighted by atomic mass is 9.85. The number of hydrogen-bond acceptors (Lipinski definition) is 7. The maximum Gasteiger partial charge on any atom is 0.328 e. The molecule has 0 N–H and O–H groups in total. The minimum Gasteiger partial charge on any atom is -0.493 e. The van der Waals surface area contributed by atoms with E-state index in [0.717, 1.165) is 50.5 Å². The molecule has 1 aliphatic heterocycles. The van der Waals surface area contributed by atoms with Crippen molar-refractivity contribution in [2.24, 2.45) is 5.92 Å². The molecule has 1 saturated carbocycles. The van der Waals surface area contributed by atoms with Gasteiger partial charge in [0.2, 0.25) is 11.5 Å². The first-order valence-electron chi connectivity index (χ1n) is 13.0. The van der Waals surface area contributed by atoms with Crippen LogP contribution in [0, 0.1) is 5.92 Å². The fraction of sp³-hybridized carbons (Fsp3) is 0.607. The van der Waals surface area contributed by atoms with Crippen molar-refractivity contribution in [3.05, 3.63) is 23.8 Å². The van der Waals surface area contributed by atoms with E-state index in [0.29, 0.717) is 43.1 Å². The van der Waals surface area contributed by atoms with E-state index in [-0.39, 0.29) is 18.3 Å². The minimum atomic E-state index is -0.659. The van der Waals surface area contributed by atoms with Crippen molar-refractivity contribution < 1.29 is 33.3 Å². The Morgan fingerprint density at radius 2 is 1.58 bits per heavy atom. The summed E-state index contributed by atoms with van der Waals surface area (Å²) >= 11 is 0. The first-order chi connectivity index (χ1) is 17.5. The number of unbranched alkanes of at least 4 members (excludes halogenated alkanes) is 1. The summed E-state index contributed by atoms with van der Waals surface area (Å²) in [5, 5.41) is 0. The second-order valence-electron chi connectivity index (χ2n) is 9.38. The Kier molecular flexibility index (Phi) is 10.6. The number of nitrogens with zero attached hydrogens (tertiary/aromatic N) is 1. The zero-order chi connectivity index (χ0) is 25.9. The van der Waals surface area contributed by atoms with Crippen LogP contribution in [0.3, 0.4) is 0 Å².